The van der Waals surface area contributed by atoms with E-state index in [0.29, 0.717) is 24.5 Å². The number of methoxy groups -OCH3 is 1. The first-order valence-corrected chi connectivity index (χ1v) is 11.2. The van der Waals surface area contributed by atoms with E-state index in [4.69, 9.17) is 4.74 Å². The molecular formula is C28H30N2O3. The number of carbonyl (C=O) groups is 1. The van der Waals surface area contributed by atoms with E-state index in [1.807, 2.05) is 47.9 Å². The highest BCUT2D eigenvalue weighted by molar-refractivity contribution is 5.98. The fraction of sp³-hybridized carbons (Fsp3) is 0.250. The van der Waals surface area contributed by atoms with Crippen molar-refractivity contribution in [3.63, 3.8) is 0 Å². The van der Waals surface area contributed by atoms with Gasteiger partial charge in [-0.3, -0.25) is 0 Å². The predicted molar refractivity (Wildman–Crippen MR) is 132 cm³/mol. The first-order valence-electron chi connectivity index (χ1n) is 11.2. The molecule has 0 bridgehead atoms. The molecule has 0 aliphatic carbocycles. The summed E-state index contributed by atoms with van der Waals surface area (Å²) in [6.07, 6.45) is 0.894. The number of aromatic carboxylic acids is 1. The Bertz CT molecular complexity index is 1270. The van der Waals surface area contributed by atoms with E-state index in [0.717, 1.165) is 35.0 Å². The molecule has 0 radical (unpaired) electrons. The van der Waals surface area contributed by atoms with Gasteiger partial charge in [0.25, 0.3) is 0 Å². The van der Waals surface area contributed by atoms with E-state index in [1.165, 1.54) is 16.7 Å². The number of hydrogen-bond donors (Lipinski definition) is 2. The molecule has 0 unspecified atom stereocenters. The summed E-state index contributed by atoms with van der Waals surface area (Å²) in [4.78, 5) is 12.4. The lowest BCUT2D eigenvalue weighted by atomic mass is 10.1. The van der Waals surface area contributed by atoms with Crippen LogP contribution in [0, 0.1) is 13.8 Å². The highest BCUT2D eigenvalue weighted by Crippen LogP contribution is 2.30. The molecular weight excluding hydrogens is 412 g/mol. The number of ether oxygens (including phenoxy) is 1. The Hall–Kier alpha value is -3.57. The molecule has 170 valence electrons. The van der Waals surface area contributed by atoms with Crippen LogP contribution in [-0.2, 0) is 19.5 Å². The van der Waals surface area contributed by atoms with Crippen LogP contribution in [0.1, 0.15) is 38.3 Å². The van der Waals surface area contributed by atoms with Gasteiger partial charge >= 0.3 is 5.97 Å². The average Bonchev–Trinajstić information content (AvgIpc) is 3.12. The maximum absolute atomic E-state index is 12.4. The number of fused-ring (bicyclic) bond motifs is 1. The van der Waals surface area contributed by atoms with Crippen LogP contribution in [0.2, 0.25) is 0 Å². The van der Waals surface area contributed by atoms with Crippen LogP contribution in [0.5, 0.6) is 5.75 Å². The molecule has 4 rings (SSSR count). The standard InChI is InChI=1S/C28H30N2O3/c1-19-8-10-21(11-9-19)18-30-26-16-23(33-3)12-13-24(26)25(27(30)28(31)32)17-29-15-14-22-7-5-4-6-20(22)2/h4-13,16,29H,14-15,17-18H2,1-3H3,(H,31,32). The summed E-state index contributed by atoms with van der Waals surface area (Å²) >= 11 is 0. The highest BCUT2D eigenvalue weighted by Gasteiger charge is 2.22. The molecule has 3 aromatic carbocycles. The monoisotopic (exact) mass is 442 g/mol. The van der Waals surface area contributed by atoms with Crippen LogP contribution >= 0.6 is 0 Å². The zero-order chi connectivity index (χ0) is 23.4. The second kappa shape index (κ2) is 9.92. The van der Waals surface area contributed by atoms with Crippen molar-refractivity contribution in [1.82, 2.24) is 9.88 Å². The lowest BCUT2D eigenvalue weighted by Gasteiger charge is -2.11. The summed E-state index contributed by atoms with van der Waals surface area (Å²) in [7, 11) is 1.63. The molecule has 1 heterocycles. The van der Waals surface area contributed by atoms with Crippen molar-refractivity contribution in [2.24, 2.45) is 0 Å². The second-order valence-electron chi connectivity index (χ2n) is 8.44. The van der Waals surface area contributed by atoms with Gasteiger partial charge in [-0.25, -0.2) is 4.79 Å². The first kappa shape index (κ1) is 22.6. The third kappa shape index (κ3) is 4.94. The van der Waals surface area contributed by atoms with Crippen LogP contribution in [-0.4, -0.2) is 29.3 Å². The molecule has 5 nitrogen and oxygen atoms in total. The summed E-state index contributed by atoms with van der Waals surface area (Å²) in [6.45, 7) is 5.89. The van der Waals surface area contributed by atoms with Crippen molar-refractivity contribution in [3.8, 4) is 5.75 Å². The number of aromatic nitrogens is 1. The number of nitrogens with zero attached hydrogens (tertiary/aromatic N) is 1. The molecule has 0 spiro atoms. The Balaban J connectivity index is 1.67. The van der Waals surface area contributed by atoms with Crippen molar-refractivity contribution < 1.29 is 14.6 Å². The molecule has 4 aromatic rings. The normalized spacial score (nSPS) is 11.1. The summed E-state index contributed by atoms with van der Waals surface area (Å²) in [6, 6.07) is 22.3. The van der Waals surface area contributed by atoms with Crippen molar-refractivity contribution in [2.75, 3.05) is 13.7 Å². The zero-order valence-electron chi connectivity index (χ0n) is 19.4. The minimum Gasteiger partial charge on any atom is -0.497 e. The molecule has 5 heteroatoms. The Morgan fingerprint density at radius 2 is 1.79 bits per heavy atom. The van der Waals surface area contributed by atoms with Gasteiger partial charge in [-0.15, -0.1) is 0 Å². The van der Waals surface area contributed by atoms with Gasteiger partial charge in [0.2, 0.25) is 0 Å². The van der Waals surface area contributed by atoms with Crippen molar-refractivity contribution in [2.45, 2.75) is 33.4 Å². The molecule has 33 heavy (non-hydrogen) atoms. The van der Waals surface area contributed by atoms with E-state index < -0.39 is 5.97 Å². The third-order valence-corrected chi connectivity index (χ3v) is 6.17. The van der Waals surface area contributed by atoms with E-state index in [2.05, 4.69) is 42.6 Å². The van der Waals surface area contributed by atoms with Crippen molar-refractivity contribution >= 4 is 16.9 Å². The third-order valence-electron chi connectivity index (χ3n) is 6.17. The fourth-order valence-electron chi connectivity index (χ4n) is 4.32. The van der Waals surface area contributed by atoms with E-state index >= 15 is 0 Å². The molecule has 1 aromatic heterocycles. The molecule has 2 N–H and O–H groups in total. The Morgan fingerprint density at radius 3 is 2.48 bits per heavy atom. The quantitative estimate of drug-likeness (QED) is 0.343. The van der Waals surface area contributed by atoms with E-state index in [9.17, 15) is 9.90 Å². The Morgan fingerprint density at radius 1 is 1.03 bits per heavy atom. The smallest absolute Gasteiger partial charge is 0.352 e. The van der Waals surface area contributed by atoms with Gasteiger partial charge in [0, 0.05) is 30.1 Å². The lowest BCUT2D eigenvalue weighted by molar-refractivity contribution is 0.0684. The number of nitrogens with one attached hydrogen (secondary N) is 1. The van der Waals surface area contributed by atoms with Gasteiger partial charge in [0.05, 0.1) is 12.6 Å². The maximum atomic E-state index is 12.4. The Kier molecular flexibility index (Phi) is 6.80. The number of benzene rings is 3. The molecule has 0 saturated carbocycles. The molecule has 0 aliphatic rings. The number of carboxylic acid groups (broad SMARTS) is 1. The zero-order valence-corrected chi connectivity index (χ0v) is 19.4. The SMILES string of the molecule is COc1ccc2c(CNCCc3ccccc3C)c(C(=O)O)n(Cc3ccc(C)cc3)c2c1. The number of carboxylic acids is 1. The largest absolute Gasteiger partial charge is 0.497 e. The predicted octanol–water partition coefficient (Wildman–Crippen LogP) is 5.35. The van der Waals surface area contributed by atoms with Gasteiger partial charge in [0.1, 0.15) is 11.4 Å². The van der Waals surface area contributed by atoms with Crippen LogP contribution in [0.4, 0.5) is 0 Å². The first-order chi connectivity index (χ1) is 16.0. The van der Waals surface area contributed by atoms with Crippen LogP contribution in [0.25, 0.3) is 10.9 Å². The highest BCUT2D eigenvalue weighted by atomic mass is 16.5. The number of rotatable bonds is 9. The topological polar surface area (TPSA) is 63.5 Å². The Labute approximate surface area is 194 Å². The molecule has 0 aliphatic heterocycles. The molecule has 0 amide bonds. The number of hydrogen-bond acceptors (Lipinski definition) is 3. The van der Waals surface area contributed by atoms with E-state index in [-0.39, 0.29) is 0 Å². The van der Waals surface area contributed by atoms with Gasteiger partial charge in [-0.05, 0) is 55.6 Å². The lowest BCUT2D eigenvalue weighted by Crippen LogP contribution is -2.19. The van der Waals surface area contributed by atoms with Crippen LogP contribution in [0.3, 0.4) is 0 Å². The van der Waals surface area contributed by atoms with Gasteiger partial charge in [-0.1, -0.05) is 54.1 Å². The van der Waals surface area contributed by atoms with Gasteiger partial charge < -0.3 is 19.7 Å². The fourth-order valence-corrected chi connectivity index (χ4v) is 4.32. The molecule has 0 fully saturated rings. The van der Waals surface area contributed by atoms with Crippen molar-refractivity contribution in [1.29, 1.82) is 0 Å². The van der Waals surface area contributed by atoms with Crippen LogP contribution < -0.4 is 10.1 Å². The average molecular weight is 443 g/mol. The van der Waals surface area contributed by atoms with Gasteiger partial charge in [0.15, 0.2) is 0 Å². The van der Waals surface area contributed by atoms with Crippen LogP contribution in [0.15, 0.2) is 66.7 Å². The minimum atomic E-state index is -0.923. The summed E-state index contributed by atoms with van der Waals surface area (Å²) < 4.78 is 7.33. The molecule has 0 atom stereocenters. The summed E-state index contributed by atoms with van der Waals surface area (Å²) in [5.74, 6) is -0.214. The molecule has 0 saturated heterocycles. The maximum Gasteiger partial charge on any atom is 0.352 e. The van der Waals surface area contributed by atoms with E-state index in [1.54, 1.807) is 7.11 Å². The van der Waals surface area contributed by atoms with Gasteiger partial charge in [-0.2, -0.15) is 0 Å². The van der Waals surface area contributed by atoms with Crippen molar-refractivity contribution in [3.05, 3.63) is 100 Å². The number of aryl methyl sites for hydroxylation is 2. The summed E-state index contributed by atoms with van der Waals surface area (Å²) in [5.41, 5.74) is 6.79. The summed E-state index contributed by atoms with van der Waals surface area (Å²) in [5, 5.41) is 14.6. The second-order valence-corrected chi connectivity index (χ2v) is 8.44. The minimum absolute atomic E-state index is 0.321.